The molecule has 0 radical (unpaired) electrons. The average molecular weight is 270 g/mol. The number of nitrogens with one attached hydrogen (secondary N) is 1. The first-order valence-corrected chi connectivity index (χ1v) is 6.00. The van der Waals surface area contributed by atoms with Crippen molar-refractivity contribution in [2.45, 2.75) is 6.92 Å². The van der Waals surface area contributed by atoms with Crippen molar-refractivity contribution >= 4 is 17.7 Å². The molecule has 0 saturated heterocycles. The van der Waals surface area contributed by atoms with E-state index in [4.69, 9.17) is 10.5 Å². The summed E-state index contributed by atoms with van der Waals surface area (Å²) >= 11 is 0. The Morgan fingerprint density at radius 3 is 2.40 bits per heavy atom. The highest BCUT2D eigenvalue weighted by molar-refractivity contribution is 5.92. The summed E-state index contributed by atoms with van der Waals surface area (Å²) in [5.74, 6) is 0.0376. The van der Waals surface area contributed by atoms with E-state index >= 15 is 0 Å². The van der Waals surface area contributed by atoms with E-state index in [1.165, 1.54) is 0 Å². The van der Waals surface area contributed by atoms with Gasteiger partial charge < -0.3 is 15.8 Å². The molecule has 0 bridgehead atoms. The number of aryl methyl sites for hydroxylation is 1. The number of hydrogen-bond acceptors (Lipinski definition) is 3. The first-order chi connectivity index (χ1) is 9.54. The van der Waals surface area contributed by atoms with Gasteiger partial charge >= 0.3 is 12.0 Å². The van der Waals surface area contributed by atoms with Gasteiger partial charge in [-0.25, -0.2) is 9.59 Å². The number of primary amides is 1. The zero-order valence-corrected chi connectivity index (χ0v) is 10.9. The molecule has 0 atom stereocenters. The predicted molar refractivity (Wildman–Crippen MR) is 75.8 cm³/mol. The molecule has 0 aliphatic carbocycles. The number of carbonyl (C=O) groups excluding carboxylic acids is 2. The minimum atomic E-state index is -0.653. The summed E-state index contributed by atoms with van der Waals surface area (Å²) in [7, 11) is 0. The van der Waals surface area contributed by atoms with E-state index in [-0.39, 0.29) is 0 Å². The van der Waals surface area contributed by atoms with Crippen molar-refractivity contribution in [2.75, 3.05) is 5.32 Å². The van der Waals surface area contributed by atoms with Crippen LogP contribution in [0.5, 0.6) is 5.75 Å². The fourth-order valence-electron chi connectivity index (χ4n) is 1.68. The number of carbonyl (C=O) groups is 2. The Bertz CT molecular complexity index is 636. The monoisotopic (exact) mass is 270 g/mol. The molecule has 2 amide bonds. The molecule has 0 saturated carbocycles. The Hall–Kier alpha value is -2.82. The predicted octanol–water partition coefficient (Wildman–Crippen LogP) is 2.70. The largest absolute Gasteiger partial charge is 0.423 e. The van der Waals surface area contributed by atoms with Crippen molar-refractivity contribution in [1.82, 2.24) is 0 Å². The van der Waals surface area contributed by atoms with E-state index in [1.807, 2.05) is 19.1 Å². The quantitative estimate of drug-likeness (QED) is 0.664. The SMILES string of the molecule is Cc1cccc(OC(=O)c2ccc(NC(N)=O)cc2)c1. The van der Waals surface area contributed by atoms with Gasteiger partial charge in [-0.15, -0.1) is 0 Å². The fourth-order valence-corrected chi connectivity index (χ4v) is 1.68. The lowest BCUT2D eigenvalue weighted by Gasteiger charge is -2.06. The molecule has 0 heterocycles. The molecule has 0 unspecified atom stereocenters. The van der Waals surface area contributed by atoms with Crippen LogP contribution in [0.15, 0.2) is 48.5 Å². The van der Waals surface area contributed by atoms with Crippen LogP contribution in [0, 0.1) is 6.92 Å². The van der Waals surface area contributed by atoms with Crippen molar-refractivity contribution in [3.63, 3.8) is 0 Å². The van der Waals surface area contributed by atoms with Gasteiger partial charge in [-0.05, 0) is 48.9 Å². The summed E-state index contributed by atoms with van der Waals surface area (Å²) in [4.78, 5) is 22.6. The third kappa shape index (κ3) is 3.58. The van der Waals surface area contributed by atoms with E-state index in [9.17, 15) is 9.59 Å². The number of rotatable bonds is 3. The Morgan fingerprint density at radius 2 is 1.80 bits per heavy atom. The van der Waals surface area contributed by atoms with E-state index in [0.717, 1.165) is 5.56 Å². The highest BCUT2D eigenvalue weighted by Gasteiger charge is 2.08. The Balaban J connectivity index is 2.07. The number of ether oxygens (including phenoxy) is 1. The minimum Gasteiger partial charge on any atom is -0.423 e. The molecule has 102 valence electrons. The van der Waals surface area contributed by atoms with Crippen molar-refractivity contribution in [2.24, 2.45) is 5.73 Å². The van der Waals surface area contributed by atoms with Crippen molar-refractivity contribution in [3.05, 3.63) is 59.7 Å². The molecule has 0 aliphatic heterocycles. The van der Waals surface area contributed by atoms with Crippen LogP contribution in [0.3, 0.4) is 0 Å². The van der Waals surface area contributed by atoms with Crippen LogP contribution in [0.4, 0.5) is 10.5 Å². The van der Waals surface area contributed by atoms with E-state index in [1.54, 1.807) is 36.4 Å². The van der Waals surface area contributed by atoms with E-state index < -0.39 is 12.0 Å². The molecule has 0 fully saturated rings. The highest BCUT2D eigenvalue weighted by atomic mass is 16.5. The van der Waals surface area contributed by atoms with Crippen molar-refractivity contribution in [3.8, 4) is 5.75 Å². The third-order valence-corrected chi connectivity index (χ3v) is 2.59. The standard InChI is InChI=1S/C15H14N2O3/c1-10-3-2-4-13(9-10)20-14(18)11-5-7-12(8-6-11)17-15(16)19/h2-9H,1H3,(H3,16,17,19). The van der Waals surface area contributed by atoms with Crippen molar-refractivity contribution < 1.29 is 14.3 Å². The zero-order valence-electron chi connectivity index (χ0n) is 10.9. The van der Waals surface area contributed by atoms with Crippen LogP contribution in [0.25, 0.3) is 0 Å². The molecule has 2 aromatic rings. The van der Waals surface area contributed by atoms with Gasteiger partial charge in [0.25, 0.3) is 0 Å². The summed E-state index contributed by atoms with van der Waals surface area (Å²) in [6.45, 7) is 1.92. The van der Waals surface area contributed by atoms with Crippen LogP contribution >= 0.6 is 0 Å². The highest BCUT2D eigenvalue weighted by Crippen LogP contribution is 2.16. The van der Waals surface area contributed by atoms with Gasteiger partial charge in [0.2, 0.25) is 0 Å². The van der Waals surface area contributed by atoms with Crippen molar-refractivity contribution in [1.29, 1.82) is 0 Å². The number of hydrogen-bond donors (Lipinski definition) is 2. The smallest absolute Gasteiger partial charge is 0.343 e. The number of urea groups is 1. The van der Waals surface area contributed by atoms with Gasteiger partial charge in [-0.1, -0.05) is 12.1 Å². The number of benzene rings is 2. The Morgan fingerprint density at radius 1 is 1.10 bits per heavy atom. The molecule has 0 aromatic heterocycles. The first-order valence-electron chi connectivity index (χ1n) is 6.00. The molecule has 5 nitrogen and oxygen atoms in total. The summed E-state index contributed by atoms with van der Waals surface area (Å²) < 4.78 is 5.25. The van der Waals surface area contributed by atoms with Crippen LogP contribution in [-0.2, 0) is 0 Å². The maximum atomic E-state index is 11.9. The summed E-state index contributed by atoms with van der Waals surface area (Å²) in [5.41, 5.74) is 6.92. The number of esters is 1. The second-order valence-corrected chi connectivity index (χ2v) is 4.27. The van der Waals surface area contributed by atoms with Gasteiger partial charge in [0.1, 0.15) is 5.75 Å². The van der Waals surface area contributed by atoms with Crippen LogP contribution in [0.1, 0.15) is 15.9 Å². The normalized spacial score (nSPS) is 9.85. The summed E-state index contributed by atoms with van der Waals surface area (Å²) in [6.07, 6.45) is 0. The lowest BCUT2D eigenvalue weighted by atomic mass is 10.2. The average Bonchev–Trinajstić information content (AvgIpc) is 2.38. The van der Waals surface area contributed by atoms with Crippen LogP contribution < -0.4 is 15.8 Å². The Labute approximate surface area is 116 Å². The molecular weight excluding hydrogens is 256 g/mol. The lowest BCUT2D eigenvalue weighted by molar-refractivity contribution is 0.0735. The molecule has 2 aromatic carbocycles. The topological polar surface area (TPSA) is 81.4 Å². The second-order valence-electron chi connectivity index (χ2n) is 4.27. The van der Waals surface area contributed by atoms with Gasteiger partial charge in [0.15, 0.2) is 0 Å². The molecule has 0 spiro atoms. The maximum Gasteiger partial charge on any atom is 0.343 e. The number of anilines is 1. The van der Waals surface area contributed by atoms with Gasteiger partial charge in [-0.3, -0.25) is 0 Å². The van der Waals surface area contributed by atoms with E-state index in [2.05, 4.69) is 5.32 Å². The molecule has 20 heavy (non-hydrogen) atoms. The van der Waals surface area contributed by atoms with Gasteiger partial charge in [0.05, 0.1) is 5.56 Å². The molecule has 2 rings (SSSR count). The number of nitrogens with two attached hydrogens (primary N) is 1. The first kappa shape index (κ1) is 13.6. The van der Waals surface area contributed by atoms with E-state index in [0.29, 0.717) is 17.0 Å². The fraction of sp³-hybridized carbons (Fsp3) is 0.0667. The minimum absolute atomic E-state index is 0.390. The summed E-state index contributed by atoms with van der Waals surface area (Å²) in [5, 5.41) is 2.41. The molecule has 0 aliphatic rings. The Kier molecular flexibility index (Phi) is 4.00. The molecule has 3 N–H and O–H groups in total. The van der Waals surface area contributed by atoms with Crippen LogP contribution in [0.2, 0.25) is 0 Å². The number of amides is 2. The maximum absolute atomic E-state index is 11.9. The summed E-state index contributed by atoms with van der Waals surface area (Å²) in [6, 6.07) is 12.9. The van der Waals surface area contributed by atoms with Gasteiger partial charge in [0, 0.05) is 5.69 Å². The lowest BCUT2D eigenvalue weighted by Crippen LogP contribution is -2.19. The van der Waals surface area contributed by atoms with Crippen LogP contribution in [-0.4, -0.2) is 12.0 Å². The van der Waals surface area contributed by atoms with Gasteiger partial charge in [-0.2, -0.15) is 0 Å². The third-order valence-electron chi connectivity index (χ3n) is 2.59. The second kappa shape index (κ2) is 5.88. The molecule has 5 heteroatoms. The zero-order chi connectivity index (χ0) is 14.5. The molecular formula is C15H14N2O3.